The van der Waals surface area contributed by atoms with Gasteiger partial charge in [-0.3, -0.25) is 4.79 Å². The van der Waals surface area contributed by atoms with E-state index >= 15 is 0 Å². The molecule has 0 aromatic rings. The maximum absolute atomic E-state index is 12.2. The smallest absolute Gasteiger partial charge is 0.163 e. The summed E-state index contributed by atoms with van der Waals surface area (Å²) < 4.78 is 0. The van der Waals surface area contributed by atoms with Crippen LogP contribution in [-0.2, 0) is 4.79 Å². The fraction of sp³-hybridized carbons (Fsp3) is 0.667. The van der Waals surface area contributed by atoms with Gasteiger partial charge in [-0.1, -0.05) is 45.9 Å². The van der Waals surface area contributed by atoms with Crippen LogP contribution in [0.4, 0.5) is 0 Å². The second-order valence-corrected chi connectivity index (χ2v) is 5.57. The van der Waals surface area contributed by atoms with Crippen molar-refractivity contribution in [3.8, 4) is 0 Å². The van der Waals surface area contributed by atoms with Crippen molar-refractivity contribution in [1.29, 1.82) is 0 Å². The summed E-state index contributed by atoms with van der Waals surface area (Å²) in [5, 5.41) is 0. The largest absolute Gasteiger partial charge is 0.294 e. The average Bonchev–Trinajstić information content (AvgIpc) is 2.21. The van der Waals surface area contributed by atoms with E-state index in [0.717, 1.165) is 24.8 Å². The molecule has 2 atom stereocenters. The van der Waals surface area contributed by atoms with E-state index in [1.165, 1.54) is 0 Å². The van der Waals surface area contributed by atoms with Gasteiger partial charge in [0.1, 0.15) is 0 Å². The molecule has 16 heavy (non-hydrogen) atoms. The highest BCUT2D eigenvalue weighted by atomic mass is 16.1. The van der Waals surface area contributed by atoms with Crippen molar-refractivity contribution in [3.63, 3.8) is 0 Å². The van der Waals surface area contributed by atoms with Gasteiger partial charge in [0.15, 0.2) is 5.78 Å². The SMILES string of the molecule is C=C1CC[C@H](C)C(C)(C)[C@H]1C(=O)C=CCC. The van der Waals surface area contributed by atoms with Crippen LogP contribution in [0.3, 0.4) is 0 Å². The molecule has 0 aromatic heterocycles. The Bertz CT molecular complexity index is 309. The fourth-order valence-corrected chi connectivity index (χ4v) is 2.63. The van der Waals surface area contributed by atoms with Crippen LogP contribution in [0.25, 0.3) is 0 Å². The Kier molecular flexibility index (Phi) is 4.12. The zero-order chi connectivity index (χ0) is 12.3. The Morgan fingerprint density at radius 1 is 1.56 bits per heavy atom. The van der Waals surface area contributed by atoms with E-state index in [4.69, 9.17) is 0 Å². The summed E-state index contributed by atoms with van der Waals surface area (Å²) in [6, 6.07) is 0. The first-order chi connectivity index (χ1) is 7.41. The molecule has 0 N–H and O–H groups in total. The minimum Gasteiger partial charge on any atom is -0.294 e. The van der Waals surface area contributed by atoms with Crippen LogP contribution in [0.5, 0.6) is 0 Å². The van der Waals surface area contributed by atoms with Crippen LogP contribution in [-0.4, -0.2) is 5.78 Å². The van der Waals surface area contributed by atoms with Gasteiger partial charge in [0.05, 0.1) is 0 Å². The normalized spacial score (nSPS) is 29.6. The molecular weight excluding hydrogens is 196 g/mol. The predicted molar refractivity (Wildman–Crippen MR) is 69.2 cm³/mol. The number of carbonyl (C=O) groups excluding carboxylic acids is 1. The van der Waals surface area contributed by atoms with E-state index in [9.17, 15) is 4.79 Å². The van der Waals surface area contributed by atoms with E-state index < -0.39 is 0 Å². The maximum Gasteiger partial charge on any atom is 0.163 e. The molecule has 0 spiro atoms. The third kappa shape index (κ3) is 2.45. The standard InChI is InChI=1S/C15H24O/c1-6-7-8-13(16)14-11(2)9-10-12(3)15(14,4)5/h7-8,12,14H,2,6,9-10H2,1,3-5H3/t12-,14+/m0/s1. The molecule has 1 aliphatic carbocycles. The number of carbonyl (C=O) groups is 1. The summed E-state index contributed by atoms with van der Waals surface area (Å²) in [6.07, 6.45) is 6.77. The van der Waals surface area contributed by atoms with Gasteiger partial charge in [0, 0.05) is 5.92 Å². The molecule has 0 radical (unpaired) electrons. The van der Waals surface area contributed by atoms with Crippen LogP contribution in [0.15, 0.2) is 24.3 Å². The van der Waals surface area contributed by atoms with E-state index in [0.29, 0.717) is 5.92 Å². The number of allylic oxidation sites excluding steroid dienone is 3. The molecule has 1 aliphatic rings. The molecule has 0 heterocycles. The molecule has 90 valence electrons. The molecule has 1 fully saturated rings. The summed E-state index contributed by atoms with van der Waals surface area (Å²) in [5.74, 6) is 0.837. The first-order valence-electron chi connectivity index (χ1n) is 6.29. The van der Waals surface area contributed by atoms with Gasteiger partial charge >= 0.3 is 0 Å². The molecule has 1 nitrogen and oxygen atoms in total. The van der Waals surface area contributed by atoms with Gasteiger partial charge in [-0.2, -0.15) is 0 Å². The van der Waals surface area contributed by atoms with Gasteiger partial charge in [-0.05, 0) is 36.7 Å². The lowest BCUT2D eigenvalue weighted by atomic mass is 9.60. The molecule has 1 saturated carbocycles. The Labute approximate surface area is 99.6 Å². The number of rotatable bonds is 3. The first kappa shape index (κ1) is 13.2. The van der Waals surface area contributed by atoms with Crippen molar-refractivity contribution in [2.45, 2.75) is 47.0 Å². The number of hydrogen-bond donors (Lipinski definition) is 0. The molecule has 0 unspecified atom stereocenters. The van der Waals surface area contributed by atoms with Crippen molar-refractivity contribution in [3.05, 3.63) is 24.3 Å². The Hall–Kier alpha value is -0.850. The average molecular weight is 220 g/mol. The summed E-state index contributed by atoms with van der Waals surface area (Å²) in [5.41, 5.74) is 1.17. The molecule has 0 bridgehead atoms. The molecule has 0 aromatic carbocycles. The van der Waals surface area contributed by atoms with Crippen molar-refractivity contribution < 1.29 is 4.79 Å². The lowest BCUT2D eigenvalue weighted by molar-refractivity contribution is -0.122. The molecule has 1 heteroatoms. The predicted octanol–water partition coefficient (Wildman–Crippen LogP) is 4.15. The maximum atomic E-state index is 12.2. The van der Waals surface area contributed by atoms with Gasteiger partial charge in [-0.15, -0.1) is 0 Å². The minimum absolute atomic E-state index is 0.0130. The van der Waals surface area contributed by atoms with Gasteiger partial charge in [0.25, 0.3) is 0 Å². The summed E-state index contributed by atoms with van der Waals surface area (Å²) in [4.78, 5) is 12.2. The van der Waals surface area contributed by atoms with Crippen LogP contribution in [0, 0.1) is 17.3 Å². The third-order valence-corrected chi connectivity index (χ3v) is 4.12. The molecule has 0 aliphatic heterocycles. The van der Waals surface area contributed by atoms with Crippen LogP contribution < -0.4 is 0 Å². The third-order valence-electron chi connectivity index (χ3n) is 4.12. The van der Waals surface area contributed by atoms with Crippen molar-refractivity contribution in [2.75, 3.05) is 0 Å². The zero-order valence-electron chi connectivity index (χ0n) is 11.0. The van der Waals surface area contributed by atoms with Crippen LogP contribution >= 0.6 is 0 Å². The van der Waals surface area contributed by atoms with Gasteiger partial charge in [-0.25, -0.2) is 0 Å². The minimum atomic E-state index is 0.0130. The molecule has 0 saturated heterocycles. The second-order valence-electron chi connectivity index (χ2n) is 5.57. The van der Waals surface area contributed by atoms with Crippen LogP contribution in [0.1, 0.15) is 47.0 Å². The Morgan fingerprint density at radius 3 is 2.75 bits per heavy atom. The van der Waals surface area contributed by atoms with E-state index in [1.807, 2.05) is 13.0 Å². The first-order valence-corrected chi connectivity index (χ1v) is 6.29. The van der Waals surface area contributed by atoms with Crippen molar-refractivity contribution in [1.82, 2.24) is 0 Å². The van der Waals surface area contributed by atoms with Crippen molar-refractivity contribution in [2.24, 2.45) is 17.3 Å². The summed E-state index contributed by atoms with van der Waals surface area (Å²) >= 11 is 0. The van der Waals surface area contributed by atoms with Crippen molar-refractivity contribution >= 4 is 5.78 Å². The highest BCUT2D eigenvalue weighted by molar-refractivity contribution is 5.94. The van der Waals surface area contributed by atoms with Gasteiger partial charge < -0.3 is 0 Å². The Balaban J connectivity index is 2.93. The lowest BCUT2D eigenvalue weighted by Gasteiger charge is -2.43. The fourth-order valence-electron chi connectivity index (χ4n) is 2.63. The van der Waals surface area contributed by atoms with Gasteiger partial charge in [0.2, 0.25) is 0 Å². The molecular formula is C15H24O. The number of hydrogen-bond acceptors (Lipinski definition) is 1. The topological polar surface area (TPSA) is 17.1 Å². The second kappa shape index (κ2) is 4.99. The highest BCUT2D eigenvalue weighted by Crippen LogP contribution is 2.47. The monoisotopic (exact) mass is 220 g/mol. The summed E-state index contributed by atoms with van der Waals surface area (Å²) in [6.45, 7) is 12.8. The van der Waals surface area contributed by atoms with E-state index in [-0.39, 0.29) is 17.1 Å². The quantitative estimate of drug-likeness (QED) is 0.516. The molecule has 0 amide bonds. The van der Waals surface area contributed by atoms with E-state index in [2.05, 4.69) is 27.4 Å². The highest BCUT2D eigenvalue weighted by Gasteiger charge is 2.42. The van der Waals surface area contributed by atoms with E-state index in [1.54, 1.807) is 6.08 Å². The van der Waals surface area contributed by atoms with Crippen LogP contribution in [0.2, 0.25) is 0 Å². The number of ketones is 1. The Morgan fingerprint density at radius 2 is 2.19 bits per heavy atom. The molecule has 1 rings (SSSR count). The zero-order valence-corrected chi connectivity index (χ0v) is 11.0. The lowest BCUT2D eigenvalue weighted by Crippen LogP contribution is -2.40. The summed E-state index contributed by atoms with van der Waals surface area (Å²) in [7, 11) is 0.